The maximum atomic E-state index is 11.8. The van der Waals surface area contributed by atoms with Gasteiger partial charge < -0.3 is 9.72 Å². The van der Waals surface area contributed by atoms with E-state index in [4.69, 9.17) is 4.74 Å². The van der Waals surface area contributed by atoms with Gasteiger partial charge in [0.25, 0.3) is 0 Å². The Balaban J connectivity index is 2.47. The largest absolute Gasteiger partial charge is 0.468 e. The Hall–Kier alpha value is -2.54. The highest BCUT2D eigenvalue weighted by atomic mass is 16.5. The summed E-state index contributed by atoms with van der Waals surface area (Å²) < 4.78 is 4.73. The molecule has 0 saturated heterocycles. The normalized spacial score (nSPS) is 13.3. The molecule has 1 heterocycles. The fourth-order valence-electron chi connectivity index (χ4n) is 2.14. The number of benzene rings is 1. The van der Waals surface area contributed by atoms with Gasteiger partial charge in [-0.05, 0) is 17.7 Å². The number of carbonyl (C=O) groups is 1. The average Bonchev–Trinajstić information content (AvgIpc) is 2.98. The predicted octanol–water partition coefficient (Wildman–Crippen LogP) is 2.46. The first-order chi connectivity index (χ1) is 9.27. The van der Waals surface area contributed by atoms with Crippen molar-refractivity contribution < 1.29 is 9.53 Å². The molecule has 4 heteroatoms. The Morgan fingerprint density at radius 2 is 2.00 bits per heavy atom. The standard InChI is InChI=1S/C15H14N2O2/c1-19-15(18)12(10-16)14(13-8-5-9-17-13)11-6-3-2-4-7-11/h2-9,12,14,17H,1H3. The summed E-state index contributed by atoms with van der Waals surface area (Å²) in [4.78, 5) is 14.9. The van der Waals surface area contributed by atoms with Crippen LogP contribution in [0.5, 0.6) is 0 Å². The number of methoxy groups -OCH3 is 1. The van der Waals surface area contributed by atoms with Crippen molar-refractivity contribution in [2.45, 2.75) is 5.92 Å². The topological polar surface area (TPSA) is 65.9 Å². The van der Waals surface area contributed by atoms with Gasteiger partial charge in [-0.25, -0.2) is 0 Å². The van der Waals surface area contributed by atoms with E-state index >= 15 is 0 Å². The Morgan fingerprint density at radius 1 is 1.26 bits per heavy atom. The predicted molar refractivity (Wildman–Crippen MR) is 70.2 cm³/mol. The number of H-pyrrole nitrogens is 1. The van der Waals surface area contributed by atoms with Crippen LogP contribution >= 0.6 is 0 Å². The summed E-state index contributed by atoms with van der Waals surface area (Å²) in [5.74, 6) is -1.74. The molecule has 96 valence electrons. The van der Waals surface area contributed by atoms with Crippen LogP contribution in [0.3, 0.4) is 0 Å². The third kappa shape index (κ3) is 2.66. The van der Waals surface area contributed by atoms with Crippen LogP contribution in [0, 0.1) is 17.2 Å². The number of aromatic amines is 1. The van der Waals surface area contributed by atoms with Crippen LogP contribution in [-0.2, 0) is 9.53 Å². The first kappa shape index (κ1) is 12.9. The molecule has 0 bridgehead atoms. The number of rotatable bonds is 4. The summed E-state index contributed by atoms with van der Waals surface area (Å²) >= 11 is 0. The van der Waals surface area contributed by atoms with Gasteiger partial charge in [-0.1, -0.05) is 30.3 Å². The lowest BCUT2D eigenvalue weighted by Gasteiger charge is -2.19. The van der Waals surface area contributed by atoms with Crippen molar-refractivity contribution in [3.05, 3.63) is 59.9 Å². The maximum Gasteiger partial charge on any atom is 0.324 e. The number of nitriles is 1. The second-order valence-electron chi connectivity index (χ2n) is 4.14. The highest BCUT2D eigenvalue weighted by Crippen LogP contribution is 2.31. The number of hydrogen-bond donors (Lipinski definition) is 1. The monoisotopic (exact) mass is 254 g/mol. The number of nitrogens with one attached hydrogen (secondary N) is 1. The van der Waals surface area contributed by atoms with Gasteiger partial charge in [0.1, 0.15) is 0 Å². The van der Waals surface area contributed by atoms with Gasteiger partial charge in [-0.2, -0.15) is 5.26 Å². The fourth-order valence-corrected chi connectivity index (χ4v) is 2.14. The van der Waals surface area contributed by atoms with Gasteiger partial charge >= 0.3 is 5.97 Å². The Morgan fingerprint density at radius 3 is 2.53 bits per heavy atom. The SMILES string of the molecule is COC(=O)C(C#N)C(c1ccccc1)c1ccc[nH]1. The van der Waals surface area contributed by atoms with Gasteiger partial charge in [-0.15, -0.1) is 0 Å². The van der Waals surface area contributed by atoms with Gasteiger partial charge in [0.2, 0.25) is 0 Å². The summed E-state index contributed by atoms with van der Waals surface area (Å²) in [6, 6.07) is 15.2. The average molecular weight is 254 g/mol. The van der Waals surface area contributed by atoms with Crippen LogP contribution < -0.4 is 0 Å². The molecule has 2 atom stereocenters. The molecule has 0 aliphatic carbocycles. The molecule has 1 N–H and O–H groups in total. The molecule has 1 aromatic heterocycles. The molecule has 0 spiro atoms. The van der Waals surface area contributed by atoms with Crippen molar-refractivity contribution >= 4 is 5.97 Å². The number of hydrogen-bond acceptors (Lipinski definition) is 3. The lowest BCUT2D eigenvalue weighted by atomic mass is 9.84. The second kappa shape index (κ2) is 5.87. The quantitative estimate of drug-likeness (QED) is 0.852. The van der Waals surface area contributed by atoms with Crippen molar-refractivity contribution in [3.63, 3.8) is 0 Å². The second-order valence-corrected chi connectivity index (χ2v) is 4.14. The lowest BCUT2D eigenvalue weighted by Crippen LogP contribution is -2.23. The summed E-state index contributed by atoms with van der Waals surface area (Å²) in [6.45, 7) is 0. The lowest BCUT2D eigenvalue weighted by molar-refractivity contribution is -0.143. The van der Waals surface area contributed by atoms with Crippen LogP contribution in [0.2, 0.25) is 0 Å². The molecule has 0 fully saturated rings. The molecule has 2 rings (SSSR count). The molecule has 0 amide bonds. The Labute approximate surface area is 111 Å². The highest BCUT2D eigenvalue weighted by Gasteiger charge is 2.32. The van der Waals surface area contributed by atoms with E-state index in [1.807, 2.05) is 48.5 Å². The van der Waals surface area contributed by atoms with Gasteiger partial charge in [0.05, 0.1) is 19.1 Å². The first-order valence-corrected chi connectivity index (χ1v) is 5.93. The molecule has 2 unspecified atom stereocenters. The third-order valence-electron chi connectivity index (χ3n) is 3.04. The number of ether oxygens (including phenoxy) is 1. The van der Waals surface area contributed by atoms with Crippen molar-refractivity contribution in [2.24, 2.45) is 5.92 Å². The van der Waals surface area contributed by atoms with Gasteiger partial charge in [0, 0.05) is 11.9 Å². The molecule has 4 nitrogen and oxygen atoms in total. The smallest absolute Gasteiger partial charge is 0.324 e. The van der Waals surface area contributed by atoms with Crippen molar-refractivity contribution in [1.82, 2.24) is 4.98 Å². The van der Waals surface area contributed by atoms with E-state index in [1.54, 1.807) is 6.20 Å². The number of aromatic nitrogens is 1. The Kier molecular flexibility index (Phi) is 3.99. The minimum absolute atomic E-state index is 0.353. The van der Waals surface area contributed by atoms with E-state index in [9.17, 15) is 10.1 Å². The summed E-state index contributed by atoms with van der Waals surface area (Å²) in [7, 11) is 1.30. The zero-order valence-electron chi connectivity index (χ0n) is 10.5. The van der Waals surface area contributed by atoms with Crippen LogP contribution in [0.4, 0.5) is 0 Å². The molecular weight excluding hydrogens is 240 g/mol. The van der Waals surface area contributed by atoms with Crippen molar-refractivity contribution in [2.75, 3.05) is 7.11 Å². The molecule has 0 radical (unpaired) electrons. The third-order valence-corrected chi connectivity index (χ3v) is 3.04. The molecule has 0 aliphatic heterocycles. The molecular formula is C15H14N2O2. The fraction of sp³-hybridized carbons (Fsp3) is 0.200. The van der Waals surface area contributed by atoms with E-state index in [-0.39, 0.29) is 5.92 Å². The highest BCUT2D eigenvalue weighted by molar-refractivity contribution is 5.77. The number of esters is 1. The number of carbonyl (C=O) groups excluding carboxylic acids is 1. The van der Waals surface area contributed by atoms with Crippen molar-refractivity contribution in [1.29, 1.82) is 5.26 Å². The van der Waals surface area contributed by atoms with E-state index in [1.165, 1.54) is 7.11 Å². The number of nitrogens with zero attached hydrogens (tertiary/aromatic N) is 1. The van der Waals surface area contributed by atoms with Crippen LogP contribution in [0.15, 0.2) is 48.7 Å². The molecule has 0 aliphatic rings. The van der Waals surface area contributed by atoms with E-state index in [0.717, 1.165) is 11.3 Å². The van der Waals surface area contributed by atoms with Gasteiger partial charge in [-0.3, -0.25) is 4.79 Å². The Bertz CT molecular complexity index is 570. The van der Waals surface area contributed by atoms with E-state index in [0.29, 0.717) is 0 Å². The minimum Gasteiger partial charge on any atom is -0.468 e. The molecule has 2 aromatic rings. The van der Waals surface area contributed by atoms with E-state index in [2.05, 4.69) is 4.98 Å². The summed E-state index contributed by atoms with van der Waals surface area (Å²) in [5, 5.41) is 9.29. The van der Waals surface area contributed by atoms with Crippen LogP contribution in [0.25, 0.3) is 0 Å². The molecule has 1 aromatic carbocycles. The van der Waals surface area contributed by atoms with Crippen molar-refractivity contribution in [3.8, 4) is 6.07 Å². The van der Waals surface area contributed by atoms with Gasteiger partial charge in [0.15, 0.2) is 5.92 Å². The summed E-state index contributed by atoms with van der Waals surface area (Å²) in [5.41, 5.74) is 1.73. The van der Waals surface area contributed by atoms with E-state index < -0.39 is 11.9 Å². The molecule has 0 saturated carbocycles. The minimum atomic E-state index is -0.869. The van der Waals surface area contributed by atoms with Crippen LogP contribution in [-0.4, -0.2) is 18.1 Å². The summed E-state index contributed by atoms with van der Waals surface area (Å²) in [6.07, 6.45) is 1.77. The van der Waals surface area contributed by atoms with Crippen LogP contribution in [0.1, 0.15) is 17.2 Å². The zero-order chi connectivity index (χ0) is 13.7. The zero-order valence-corrected chi connectivity index (χ0v) is 10.5. The maximum absolute atomic E-state index is 11.8. The molecule has 19 heavy (non-hydrogen) atoms. The first-order valence-electron chi connectivity index (χ1n) is 5.93.